The van der Waals surface area contributed by atoms with Crippen LogP contribution in [0.4, 0.5) is 0 Å². The maximum atomic E-state index is 11.7. The summed E-state index contributed by atoms with van der Waals surface area (Å²) in [7, 11) is 0. The van der Waals surface area contributed by atoms with Crippen molar-refractivity contribution < 1.29 is 44.5 Å². The van der Waals surface area contributed by atoms with Crippen molar-refractivity contribution in [1.82, 2.24) is 9.55 Å². The van der Waals surface area contributed by atoms with E-state index in [1.54, 1.807) is 6.92 Å². The molecule has 21 heavy (non-hydrogen) atoms. The zero-order chi connectivity index (χ0) is 14.9. The van der Waals surface area contributed by atoms with Crippen LogP contribution in [0, 0.1) is 5.92 Å². The molecule has 1 aromatic heterocycles. The summed E-state index contributed by atoms with van der Waals surface area (Å²) in [5.74, 6) is -0.662. The number of nitrogens with zero attached hydrogens (tertiary/aromatic N) is 5. The fraction of sp³-hybridized carbons (Fsp3) is 0.600. The SMILES string of the molecule is C[C@@H]1[C@H](n2ccc(=O)[n-]c2=O)O[C@@](CO)(N=[N+]=[N-])[C@H]1O.[Na+]. The molecule has 4 atom stereocenters. The quantitative estimate of drug-likeness (QED) is 0.249. The molecule has 0 unspecified atom stereocenters. The van der Waals surface area contributed by atoms with Crippen molar-refractivity contribution in [2.75, 3.05) is 6.61 Å². The molecule has 2 heterocycles. The second kappa shape index (κ2) is 6.75. The standard InChI is InChI=1S/C10H13N5O5.Na/c1-5-7(18)10(4-16,13-14-11)20-8(5)15-3-2-6(17)12-9(15)19;/h2-3,5,7-8,16,18H,4H2,1H3,(H,12,17,19);/q;+1/p-1/t5-,7-,8+,10+;/m0./s1. The van der Waals surface area contributed by atoms with Crippen molar-refractivity contribution in [3.05, 3.63) is 43.5 Å². The molecule has 1 fully saturated rings. The molecule has 1 saturated heterocycles. The first-order valence-electron chi connectivity index (χ1n) is 5.74. The van der Waals surface area contributed by atoms with Crippen LogP contribution in [0.15, 0.2) is 27.0 Å². The fourth-order valence-corrected chi connectivity index (χ4v) is 2.17. The minimum Gasteiger partial charge on any atom is -0.393 e. The number of aromatic nitrogens is 2. The van der Waals surface area contributed by atoms with E-state index in [2.05, 4.69) is 15.0 Å². The third kappa shape index (κ3) is 3.06. The predicted octanol–water partition coefficient (Wildman–Crippen LogP) is -4.31. The molecule has 0 saturated carbocycles. The van der Waals surface area contributed by atoms with Gasteiger partial charge in [0.15, 0.2) is 17.0 Å². The van der Waals surface area contributed by atoms with E-state index in [4.69, 9.17) is 10.3 Å². The molecule has 1 aromatic rings. The number of hydrogen-bond donors (Lipinski definition) is 2. The molecule has 0 spiro atoms. The van der Waals surface area contributed by atoms with Crippen LogP contribution >= 0.6 is 0 Å². The van der Waals surface area contributed by atoms with Crippen LogP contribution in [0.3, 0.4) is 0 Å². The van der Waals surface area contributed by atoms with Gasteiger partial charge in [-0.05, 0) is 11.6 Å². The van der Waals surface area contributed by atoms with Crippen molar-refractivity contribution in [3.63, 3.8) is 0 Å². The smallest absolute Gasteiger partial charge is 0.393 e. The number of aliphatic hydroxyl groups excluding tert-OH is 2. The van der Waals surface area contributed by atoms with E-state index >= 15 is 0 Å². The van der Waals surface area contributed by atoms with E-state index in [1.807, 2.05) is 0 Å². The normalized spacial score (nSPS) is 31.3. The van der Waals surface area contributed by atoms with E-state index < -0.39 is 41.8 Å². The van der Waals surface area contributed by atoms with E-state index in [0.29, 0.717) is 0 Å². The summed E-state index contributed by atoms with van der Waals surface area (Å²) in [5, 5.41) is 22.7. The summed E-state index contributed by atoms with van der Waals surface area (Å²) in [5.41, 5.74) is 5.10. The Bertz CT molecular complexity index is 668. The van der Waals surface area contributed by atoms with Gasteiger partial charge >= 0.3 is 29.6 Å². The Morgan fingerprint density at radius 2 is 2.29 bits per heavy atom. The molecule has 11 heteroatoms. The Morgan fingerprint density at radius 3 is 2.81 bits per heavy atom. The molecular weight excluding hydrogens is 293 g/mol. The summed E-state index contributed by atoms with van der Waals surface area (Å²) in [6.07, 6.45) is -1.15. The molecule has 10 nitrogen and oxygen atoms in total. The summed E-state index contributed by atoms with van der Waals surface area (Å²) in [6.45, 7) is 0.804. The van der Waals surface area contributed by atoms with Crippen LogP contribution < -0.4 is 45.8 Å². The van der Waals surface area contributed by atoms with Crippen molar-refractivity contribution in [2.24, 2.45) is 11.0 Å². The topological polar surface area (TPSA) is 152 Å². The van der Waals surface area contributed by atoms with Crippen LogP contribution in [0.25, 0.3) is 10.4 Å². The van der Waals surface area contributed by atoms with E-state index in [9.17, 15) is 19.8 Å². The monoisotopic (exact) mass is 305 g/mol. The molecule has 1 aliphatic heterocycles. The number of ether oxygens (including phenoxy) is 1. The first kappa shape index (κ1) is 17.9. The van der Waals surface area contributed by atoms with Crippen molar-refractivity contribution in [3.8, 4) is 0 Å². The number of rotatable bonds is 3. The Hall–Kier alpha value is -1.13. The molecule has 2 rings (SSSR count). The Kier molecular flexibility index (Phi) is 5.76. The number of azide groups is 1. The molecule has 0 bridgehead atoms. The minimum atomic E-state index is -1.87. The zero-order valence-corrected chi connectivity index (χ0v) is 13.4. The van der Waals surface area contributed by atoms with Crippen molar-refractivity contribution >= 4 is 0 Å². The summed E-state index contributed by atoms with van der Waals surface area (Å²) >= 11 is 0. The molecule has 1 aliphatic rings. The summed E-state index contributed by atoms with van der Waals surface area (Å²) in [6, 6.07) is 1.07. The zero-order valence-electron chi connectivity index (χ0n) is 11.4. The van der Waals surface area contributed by atoms with Gasteiger partial charge in [0.1, 0.15) is 0 Å². The second-order valence-electron chi connectivity index (χ2n) is 4.46. The van der Waals surface area contributed by atoms with Gasteiger partial charge in [0, 0.05) is 10.8 Å². The number of aliphatic hydroxyl groups is 2. The molecule has 2 N–H and O–H groups in total. The van der Waals surface area contributed by atoms with Crippen LogP contribution in [0.1, 0.15) is 13.2 Å². The molecule has 108 valence electrons. The maximum Gasteiger partial charge on any atom is 1.00 e. The van der Waals surface area contributed by atoms with Gasteiger partial charge in [-0.25, -0.2) is 0 Å². The Morgan fingerprint density at radius 1 is 1.62 bits per heavy atom. The third-order valence-corrected chi connectivity index (χ3v) is 3.25. The summed E-state index contributed by atoms with van der Waals surface area (Å²) < 4.78 is 6.37. The average molecular weight is 305 g/mol. The maximum absolute atomic E-state index is 11.7. The molecule has 0 radical (unpaired) electrons. The summed E-state index contributed by atoms with van der Waals surface area (Å²) in [4.78, 5) is 28.4. The molecule has 0 amide bonds. The van der Waals surface area contributed by atoms with Gasteiger partial charge in [-0.2, -0.15) is 0 Å². The van der Waals surface area contributed by atoms with Gasteiger partial charge in [0.25, 0.3) is 0 Å². The first-order chi connectivity index (χ1) is 9.45. The largest absolute Gasteiger partial charge is 1.00 e. The molecule has 0 aromatic carbocycles. The van der Waals surface area contributed by atoms with Crippen LogP contribution in [0.2, 0.25) is 0 Å². The number of hydrogen-bond acceptors (Lipinski definition) is 6. The van der Waals surface area contributed by atoms with Gasteiger partial charge in [0.05, 0.1) is 18.9 Å². The molecular formula is C10H12N5NaO5. The average Bonchev–Trinajstić information content (AvgIpc) is 2.65. The van der Waals surface area contributed by atoms with Gasteiger partial charge in [-0.15, -0.1) is 0 Å². The minimum absolute atomic E-state index is 0. The van der Waals surface area contributed by atoms with Crippen LogP contribution in [-0.4, -0.2) is 33.2 Å². The second-order valence-corrected chi connectivity index (χ2v) is 4.46. The van der Waals surface area contributed by atoms with Gasteiger partial charge < -0.3 is 24.5 Å². The third-order valence-electron chi connectivity index (χ3n) is 3.25. The Balaban J connectivity index is 0.00000220. The van der Waals surface area contributed by atoms with E-state index in [-0.39, 0.29) is 29.6 Å². The van der Waals surface area contributed by atoms with Gasteiger partial charge in [0.2, 0.25) is 0 Å². The molecule has 0 aliphatic carbocycles. The first-order valence-corrected chi connectivity index (χ1v) is 5.74. The van der Waals surface area contributed by atoms with Gasteiger partial charge in [-0.1, -0.05) is 18.2 Å². The fourth-order valence-electron chi connectivity index (χ4n) is 2.17. The van der Waals surface area contributed by atoms with Crippen LogP contribution in [0.5, 0.6) is 0 Å². The van der Waals surface area contributed by atoms with Crippen molar-refractivity contribution in [1.29, 1.82) is 0 Å². The van der Waals surface area contributed by atoms with Crippen LogP contribution in [-0.2, 0) is 4.74 Å². The van der Waals surface area contributed by atoms with Crippen molar-refractivity contribution in [2.45, 2.75) is 25.0 Å². The predicted molar refractivity (Wildman–Crippen MR) is 64.5 cm³/mol. The Labute approximate surface area is 140 Å². The van der Waals surface area contributed by atoms with E-state index in [1.165, 1.54) is 6.20 Å². The van der Waals surface area contributed by atoms with E-state index in [0.717, 1.165) is 10.6 Å². The van der Waals surface area contributed by atoms with Gasteiger partial charge in [-0.3, -0.25) is 9.59 Å².